The van der Waals surface area contributed by atoms with Crippen molar-refractivity contribution < 1.29 is 12.3 Å². The highest BCUT2D eigenvalue weighted by atomic mass is 15.3. The van der Waals surface area contributed by atoms with Crippen LogP contribution in [0.2, 0.25) is 0 Å². The van der Waals surface area contributed by atoms with Crippen molar-refractivity contribution in [3.05, 3.63) is 194 Å². The van der Waals surface area contributed by atoms with Crippen molar-refractivity contribution in [1.82, 2.24) is 28.7 Å². The molecule has 0 atom stereocenters. The summed E-state index contributed by atoms with van der Waals surface area (Å²) in [5.74, 6) is 0.267. The minimum atomic E-state index is -0.527. The van der Waals surface area contributed by atoms with Crippen LogP contribution < -0.4 is 0 Å². The monoisotopic (exact) mass is 737 g/mol. The van der Waals surface area contributed by atoms with Gasteiger partial charge < -0.3 is 4.57 Å². The average Bonchev–Trinajstić information content (AvgIpc) is 4.00. The van der Waals surface area contributed by atoms with Crippen molar-refractivity contribution in [3.8, 4) is 40.1 Å². The van der Waals surface area contributed by atoms with E-state index in [0.29, 0.717) is 27.5 Å². The van der Waals surface area contributed by atoms with Gasteiger partial charge in [0.1, 0.15) is 0 Å². The highest BCUT2D eigenvalue weighted by Gasteiger charge is 2.25. The average molecular weight is 738 g/mol. The Labute approximate surface area is 339 Å². The molecule has 0 radical (unpaired) electrons. The molecule has 0 N–H and O–H groups in total. The molecule has 0 bridgehead atoms. The number of aromatic nitrogens is 6. The second kappa shape index (κ2) is 12.3. The Morgan fingerprint density at radius 3 is 1.33 bits per heavy atom. The predicted octanol–water partition coefficient (Wildman–Crippen LogP) is 12.5. The van der Waals surface area contributed by atoms with Gasteiger partial charge >= 0.3 is 0 Å². The van der Waals surface area contributed by atoms with Gasteiger partial charge in [-0.1, -0.05) is 151 Å². The van der Waals surface area contributed by atoms with E-state index >= 15 is 0 Å². The molecule has 0 saturated heterocycles. The maximum atomic E-state index is 9.32. The topological polar surface area (TPSA) is 53.5 Å². The standard InChI is InChI=1S/C51H32N6/c1-2-17-33(18-3-1)34-25-16-32-47(55-41-26-10-4-19-35(41)36-20-5-11-27-42(36)55)48(34)49-52-50(56-43-28-12-6-21-37(43)38-22-7-13-29-44(38)56)54-51(53-49)57-45-30-14-8-23-39(45)40-24-9-15-31-46(40)57/h1-32H/i1D,2D,3D,6D,12D,17D,18D,21D,28D. The van der Waals surface area contributed by atoms with E-state index in [1.807, 2.05) is 126 Å². The first-order valence-electron chi connectivity index (χ1n) is 23.0. The van der Waals surface area contributed by atoms with Crippen LogP contribution in [0.5, 0.6) is 0 Å². The lowest BCUT2D eigenvalue weighted by Crippen LogP contribution is -2.11. The lowest BCUT2D eigenvalue weighted by atomic mass is 9.97. The first kappa shape index (κ1) is 23.8. The van der Waals surface area contributed by atoms with Crippen LogP contribution in [0.4, 0.5) is 0 Å². The molecule has 6 nitrogen and oxygen atoms in total. The van der Waals surface area contributed by atoms with Crippen LogP contribution in [0.1, 0.15) is 12.3 Å². The molecule has 0 aliphatic heterocycles. The number of para-hydroxylation sites is 6. The van der Waals surface area contributed by atoms with Crippen molar-refractivity contribution in [2.24, 2.45) is 0 Å². The summed E-state index contributed by atoms with van der Waals surface area (Å²) in [7, 11) is 0. The summed E-state index contributed by atoms with van der Waals surface area (Å²) in [6.45, 7) is 0. The molecule has 0 spiro atoms. The molecular weight excluding hydrogens is 697 g/mol. The zero-order valence-electron chi connectivity index (χ0n) is 39.0. The quantitative estimate of drug-likeness (QED) is 0.177. The van der Waals surface area contributed by atoms with Gasteiger partial charge in [0.05, 0.1) is 56.7 Å². The Kier molecular flexibility index (Phi) is 5.17. The van der Waals surface area contributed by atoms with Gasteiger partial charge in [0.2, 0.25) is 11.9 Å². The van der Waals surface area contributed by atoms with Gasteiger partial charge in [-0.3, -0.25) is 9.13 Å². The Bertz CT molecular complexity index is 3940. The number of hydrogen-bond acceptors (Lipinski definition) is 3. The second-order valence-corrected chi connectivity index (χ2v) is 13.8. The molecule has 4 aromatic heterocycles. The van der Waals surface area contributed by atoms with Gasteiger partial charge in [-0.05, 0) is 53.6 Å². The van der Waals surface area contributed by atoms with E-state index in [9.17, 15) is 4.11 Å². The maximum absolute atomic E-state index is 9.32. The SMILES string of the molecule is [2H]c1c([2H])c([2H])c(-c2cccc(-n3c4ccccc4c4ccccc43)c2-c2nc(-n3c4ccccc4c4ccccc43)nc(-n3c4ccccc4c4c([2H])c([2H])c([2H])c([2H])c43)n2)c([2H])c1[2H]. The molecule has 266 valence electrons. The minimum Gasteiger partial charge on any atom is -0.308 e. The molecule has 4 heterocycles. The molecule has 57 heavy (non-hydrogen) atoms. The van der Waals surface area contributed by atoms with E-state index in [4.69, 9.17) is 23.2 Å². The van der Waals surface area contributed by atoms with Gasteiger partial charge in [-0.25, -0.2) is 0 Å². The van der Waals surface area contributed by atoms with Crippen LogP contribution in [0.3, 0.4) is 0 Å². The zero-order chi connectivity index (χ0) is 45.3. The largest absolute Gasteiger partial charge is 0.308 e. The summed E-state index contributed by atoms with van der Waals surface area (Å²) in [4.78, 5) is 15.8. The third kappa shape index (κ3) is 4.68. The van der Waals surface area contributed by atoms with Gasteiger partial charge in [0, 0.05) is 32.3 Å². The molecule has 0 unspecified atom stereocenters. The second-order valence-electron chi connectivity index (χ2n) is 13.8. The minimum absolute atomic E-state index is 0.0251. The van der Waals surface area contributed by atoms with Crippen LogP contribution >= 0.6 is 0 Å². The lowest BCUT2D eigenvalue weighted by Gasteiger charge is -2.19. The van der Waals surface area contributed by atoms with Crippen molar-refractivity contribution in [2.75, 3.05) is 0 Å². The molecule has 12 rings (SSSR count). The predicted molar refractivity (Wildman–Crippen MR) is 234 cm³/mol. The summed E-state index contributed by atoms with van der Waals surface area (Å²) in [6.07, 6.45) is 0. The van der Waals surface area contributed by atoms with E-state index in [2.05, 4.69) is 4.57 Å². The first-order chi connectivity index (χ1) is 32.0. The van der Waals surface area contributed by atoms with Crippen LogP contribution in [0, 0.1) is 0 Å². The molecular formula is C51H32N6. The van der Waals surface area contributed by atoms with E-state index < -0.39 is 36.3 Å². The molecule has 0 amide bonds. The van der Waals surface area contributed by atoms with Crippen LogP contribution in [-0.2, 0) is 0 Å². The lowest BCUT2D eigenvalue weighted by molar-refractivity contribution is 0.892. The first-order valence-corrected chi connectivity index (χ1v) is 18.5. The normalized spacial score (nSPS) is 14.1. The number of benzene rings is 8. The summed E-state index contributed by atoms with van der Waals surface area (Å²) in [6, 6.07) is 40.7. The van der Waals surface area contributed by atoms with Gasteiger partial charge in [-0.2, -0.15) is 15.0 Å². The Morgan fingerprint density at radius 1 is 0.351 bits per heavy atom. The van der Waals surface area contributed by atoms with Crippen molar-refractivity contribution in [1.29, 1.82) is 0 Å². The fourth-order valence-corrected chi connectivity index (χ4v) is 8.42. The van der Waals surface area contributed by atoms with E-state index in [0.717, 1.165) is 43.6 Å². The Morgan fingerprint density at radius 2 is 0.789 bits per heavy atom. The van der Waals surface area contributed by atoms with E-state index in [1.54, 1.807) is 22.8 Å². The molecule has 0 fully saturated rings. The zero-order valence-corrected chi connectivity index (χ0v) is 30.0. The molecule has 0 saturated carbocycles. The number of nitrogens with zero attached hydrogens (tertiary/aromatic N) is 6. The smallest absolute Gasteiger partial charge is 0.240 e. The highest BCUT2D eigenvalue weighted by Crippen LogP contribution is 2.41. The molecule has 8 aromatic carbocycles. The van der Waals surface area contributed by atoms with Gasteiger partial charge in [0.15, 0.2) is 5.82 Å². The van der Waals surface area contributed by atoms with Crippen LogP contribution in [0.25, 0.3) is 106 Å². The highest BCUT2D eigenvalue weighted by molar-refractivity contribution is 6.11. The molecule has 12 aromatic rings. The fraction of sp³-hybridized carbons (Fsp3) is 0. The number of hydrogen-bond donors (Lipinski definition) is 0. The third-order valence-corrected chi connectivity index (χ3v) is 10.8. The Balaban J connectivity index is 1.30. The number of fused-ring (bicyclic) bond motifs is 9. The van der Waals surface area contributed by atoms with Crippen molar-refractivity contribution >= 4 is 65.4 Å². The Hall–Kier alpha value is -7.83. The molecule has 0 aliphatic rings. The van der Waals surface area contributed by atoms with E-state index in [-0.39, 0.29) is 52.5 Å². The maximum Gasteiger partial charge on any atom is 0.240 e. The van der Waals surface area contributed by atoms with Crippen LogP contribution in [-0.4, -0.2) is 28.7 Å². The van der Waals surface area contributed by atoms with Crippen molar-refractivity contribution in [3.63, 3.8) is 0 Å². The van der Waals surface area contributed by atoms with Gasteiger partial charge in [0.25, 0.3) is 0 Å². The molecule has 0 aliphatic carbocycles. The fourth-order valence-electron chi connectivity index (χ4n) is 8.42. The van der Waals surface area contributed by atoms with Crippen molar-refractivity contribution in [2.45, 2.75) is 0 Å². The summed E-state index contributed by atoms with van der Waals surface area (Å²) in [5, 5.41) is 4.66. The summed E-state index contributed by atoms with van der Waals surface area (Å²) < 4.78 is 86.2. The van der Waals surface area contributed by atoms with Gasteiger partial charge in [-0.15, -0.1) is 0 Å². The third-order valence-electron chi connectivity index (χ3n) is 10.8. The summed E-state index contributed by atoms with van der Waals surface area (Å²) in [5.41, 5.74) is 5.02. The van der Waals surface area contributed by atoms with E-state index in [1.165, 1.54) is 0 Å². The summed E-state index contributed by atoms with van der Waals surface area (Å²) >= 11 is 0. The van der Waals surface area contributed by atoms with Crippen LogP contribution in [0.15, 0.2) is 194 Å². The number of rotatable bonds is 5. The molecule has 6 heteroatoms.